The second kappa shape index (κ2) is 7.44. The van der Waals surface area contributed by atoms with E-state index in [1.165, 1.54) is 18.2 Å². The van der Waals surface area contributed by atoms with Crippen molar-refractivity contribution in [3.05, 3.63) is 34.6 Å². The maximum atomic E-state index is 13.4. The third-order valence-corrected chi connectivity index (χ3v) is 2.59. The molecular weight excluding hydrogens is 302 g/mol. The summed E-state index contributed by atoms with van der Waals surface area (Å²) in [6.07, 6.45) is -4.69. The lowest BCUT2D eigenvalue weighted by molar-refractivity contribution is -0.173. The lowest BCUT2D eigenvalue weighted by atomic mass is 10.1. The molecule has 0 aliphatic carbocycles. The average molecular weight is 314 g/mol. The summed E-state index contributed by atoms with van der Waals surface area (Å²) in [6, 6.07) is 4.02. The van der Waals surface area contributed by atoms with Crippen LogP contribution >= 0.6 is 11.6 Å². The molecule has 1 rings (SSSR count). The lowest BCUT2D eigenvalue weighted by Crippen LogP contribution is -2.30. The van der Waals surface area contributed by atoms with Crippen LogP contribution in [0.2, 0.25) is 5.02 Å². The molecule has 1 N–H and O–H groups in total. The van der Waals surface area contributed by atoms with Gasteiger partial charge in [-0.1, -0.05) is 17.7 Å². The normalized spacial score (nSPS) is 11.4. The summed E-state index contributed by atoms with van der Waals surface area (Å²) in [7, 11) is 0. The van der Waals surface area contributed by atoms with Gasteiger partial charge in [-0.25, -0.2) is 4.39 Å². The third-order valence-electron chi connectivity index (χ3n) is 2.23. The van der Waals surface area contributed by atoms with Crippen LogP contribution in [-0.4, -0.2) is 31.8 Å². The Morgan fingerprint density at radius 2 is 2.05 bits per heavy atom. The van der Waals surface area contributed by atoms with Gasteiger partial charge in [-0.3, -0.25) is 4.79 Å². The van der Waals surface area contributed by atoms with Gasteiger partial charge in [-0.05, 0) is 12.1 Å². The molecule has 0 unspecified atom stereocenters. The van der Waals surface area contributed by atoms with Crippen LogP contribution in [-0.2, 0) is 16.0 Å². The van der Waals surface area contributed by atoms with Gasteiger partial charge in [0.05, 0.1) is 13.0 Å². The Kier molecular flexibility index (Phi) is 6.22. The van der Waals surface area contributed by atoms with Gasteiger partial charge in [-0.2, -0.15) is 13.2 Å². The molecule has 112 valence electrons. The van der Waals surface area contributed by atoms with Crippen molar-refractivity contribution in [1.29, 1.82) is 0 Å². The minimum Gasteiger partial charge on any atom is -0.370 e. The highest BCUT2D eigenvalue weighted by Gasteiger charge is 2.27. The first kappa shape index (κ1) is 16.7. The number of carbonyl (C=O) groups excluding carboxylic acids is 1. The second-order valence-corrected chi connectivity index (χ2v) is 4.30. The van der Waals surface area contributed by atoms with Gasteiger partial charge in [0.1, 0.15) is 12.4 Å². The van der Waals surface area contributed by atoms with E-state index in [2.05, 4.69) is 10.1 Å². The van der Waals surface area contributed by atoms with E-state index in [9.17, 15) is 22.4 Å². The fraction of sp³-hybridized carbons (Fsp3) is 0.417. The van der Waals surface area contributed by atoms with Crippen LogP contribution in [0.4, 0.5) is 17.6 Å². The Bertz CT molecular complexity index is 445. The molecule has 0 aliphatic rings. The van der Waals surface area contributed by atoms with Gasteiger partial charge < -0.3 is 10.1 Å². The highest BCUT2D eigenvalue weighted by molar-refractivity contribution is 6.31. The molecule has 0 radical (unpaired) electrons. The Balaban J connectivity index is 2.31. The molecular formula is C12H12ClF4NO2. The maximum absolute atomic E-state index is 13.4. The Hall–Kier alpha value is -1.34. The van der Waals surface area contributed by atoms with Crippen molar-refractivity contribution >= 4 is 17.5 Å². The Morgan fingerprint density at radius 1 is 1.35 bits per heavy atom. The largest absolute Gasteiger partial charge is 0.411 e. The van der Waals surface area contributed by atoms with Crippen molar-refractivity contribution in [2.75, 3.05) is 19.8 Å². The molecule has 0 bridgehead atoms. The van der Waals surface area contributed by atoms with Crippen molar-refractivity contribution in [1.82, 2.24) is 5.32 Å². The lowest BCUT2D eigenvalue weighted by Gasteiger charge is -2.09. The van der Waals surface area contributed by atoms with Crippen molar-refractivity contribution in [3.63, 3.8) is 0 Å². The van der Waals surface area contributed by atoms with Crippen LogP contribution in [0.1, 0.15) is 5.56 Å². The van der Waals surface area contributed by atoms with Gasteiger partial charge in [0.2, 0.25) is 5.91 Å². The summed E-state index contributed by atoms with van der Waals surface area (Å²) in [5.74, 6) is -1.16. The number of benzene rings is 1. The predicted octanol–water partition coefficient (Wildman–Crippen LogP) is 2.72. The number of ether oxygens (including phenoxy) is 1. The number of hydrogen-bond donors (Lipinski definition) is 1. The van der Waals surface area contributed by atoms with Crippen molar-refractivity contribution in [2.45, 2.75) is 12.6 Å². The zero-order chi connectivity index (χ0) is 15.2. The van der Waals surface area contributed by atoms with E-state index in [-0.39, 0.29) is 30.2 Å². The monoisotopic (exact) mass is 313 g/mol. The topological polar surface area (TPSA) is 38.3 Å². The number of carbonyl (C=O) groups is 1. The molecule has 1 amide bonds. The van der Waals surface area contributed by atoms with Gasteiger partial charge in [0, 0.05) is 17.1 Å². The molecule has 8 heteroatoms. The second-order valence-electron chi connectivity index (χ2n) is 3.89. The summed E-state index contributed by atoms with van der Waals surface area (Å²) >= 11 is 5.74. The first-order valence-electron chi connectivity index (χ1n) is 5.63. The van der Waals surface area contributed by atoms with Crippen LogP contribution in [0, 0.1) is 5.82 Å². The van der Waals surface area contributed by atoms with Crippen LogP contribution in [0.3, 0.4) is 0 Å². The fourth-order valence-electron chi connectivity index (χ4n) is 1.37. The quantitative estimate of drug-likeness (QED) is 0.648. The summed E-state index contributed by atoms with van der Waals surface area (Å²) < 4.78 is 52.9. The predicted molar refractivity (Wildman–Crippen MR) is 65.0 cm³/mol. The minimum atomic E-state index is -4.40. The van der Waals surface area contributed by atoms with Crippen LogP contribution in [0.5, 0.6) is 0 Å². The van der Waals surface area contributed by atoms with E-state index in [1.54, 1.807) is 0 Å². The SMILES string of the molecule is O=C(Cc1c(F)cccc1Cl)NCCOCC(F)(F)F. The average Bonchev–Trinajstić information content (AvgIpc) is 2.32. The smallest absolute Gasteiger partial charge is 0.370 e. The molecule has 0 aromatic heterocycles. The van der Waals surface area contributed by atoms with Crippen molar-refractivity contribution in [3.8, 4) is 0 Å². The first-order chi connectivity index (χ1) is 9.29. The molecule has 0 spiro atoms. The van der Waals surface area contributed by atoms with Crippen molar-refractivity contribution in [2.24, 2.45) is 0 Å². The van der Waals surface area contributed by atoms with Gasteiger partial charge in [-0.15, -0.1) is 0 Å². The Morgan fingerprint density at radius 3 is 2.65 bits per heavy atom. The molecule has 0 fully saturated rings. The Labute approximate surface area is 117 Å². The van der Waals surface area contributed by atoms with Crippen LogP contribution < -0.4 is 5.32 Å². The molecule has 3 nitrogen and oxygen atoms in total. The number of nitrogens with one attached hydrogen (secondary N) is 1. The summed E-state index contributed by atoms with van der Waals surface area (Å²) in [4.78, 5) is 11.5. The minimum absolute atomic E-state index is 0.0443. The van der Waals surface area contributed by atoms with E-state index < -0.39 is 24.5 Å². The number of rotatable bonds is 6. The number of amides is 1. The van der Waals surface area contributed by atoms with Gasteiger partial charge >= 0.3 is 6.18 Å². The first-order valence-corrected chi connectivity index (χ1v) is 6.01. The molecule has 1 aromatic rings. The van der Waals surface area contributed by atoms with Gasteiger partial charge in [0.25, 0.3) is 0 Å². The van der Waals surface area contributed by atoms with E-state index in [1.807, 2.05) is 0 Å². The van der Waals surface area contributed by atoms with Crippen LogP contribution in [0.15, 0.2) is 18.2 Å². The molecule has 0 aliphatic heterocycles. The highest BCUT2D eigenvalue weighted by atomic mass is 35.5. The van der Waals surface area contributed by atoms with E-state index in [4.69, 9.17) is 11.6 Å². The number of alkyl halides is 3. The maximum Gasteiger partial charge on any atom is 0.411 e. The highest BCUT2D eigenvalue weighted by Crippen LogP contribution is 2.19. The zero-order valence-corrected chi connectivity index (χ0v) is 11.0. The molecule has 20 heavy (non-hydrogen) atoms. The third kappa shape index (κ3) is 6.21. The summed E-state index contributed by atoms with van der Waals surface area (Å²) in [6.45, 7) is -1.75. The van der Waals surface area contributed by atoms with E-state index in [0.717, 1.165) is 0 Å². The number of halogens is 5. The van der Waals surface area contributed by atoms with E-state index >= 15 is 0 Å². The number of hydrogen-bond acceptors (Lipinski definition) is 2. The standard InChI is InChI=1S/C12H12ClF4NO2/c13-9-2-1-3-10(14)8(9)6-11(19)18-4-5-20-7-12(15,16)17/h1-3H,4-7H2,(H,18,19). The molecule has 0 saturated carbocycles. The van der Waals surface area contributed by atoms with Crippen molar-refractivity contribution < 1.29 is 27.1 Å². The van der Waals surface area contributed by atoms with Crippen LogP contribution in [0.25, 0.3) is 0 Å². The van der Waals surface area contributed by atoms with E-state index in [0.29, 0.717) is 0 Å². The summed E-state index contributed by atoms with van der Waals surface area (Å²) in [5.41, 5.74) is 0.0443. The molecule has 0 saturated heterocycles. The fourth-order valence-corrected chi connectivity index (χ4v) is 1.60. The molecule has 0 atom stereocenters. The molecule has 0 heterocycles. The zero-order valence-electron chi connectivity index (χ0n) is 10.3. The van der Waals surface area contributed by atoms with Gasteiger partial charge in [0.15, 0.2) is 0 Å². The summed E-state index contributed by atoms with van der Waals surface area (Å²) in [5, 5.41) is 2.43. The molecule has 1 aromatic carbocycles.